The first kappa shape index (κ1) is 98.7. The number of carbonyl (C=O) groups excluding carboxylic acids is 4. The average Bonchev–Trinajstić information content (AvgIpc) is 0.931. The van der Waals surface area contributed by atoms with Crippen molar-refractivity contribution in [1.29, 1.82) is 0 Å². The lowest BCUT2D eigenvalue weighted by atomic mass is 10.1. The third-order valence-corrected chi connectivity index (χ3v) is 17.9. The molecule has 104 heavy (non-hydrogen) atoms. The van der Waals surface area contributed by atoms with E-state index in [9.17, 15) is 43.2 Å². The zero-order valence-electron chi connectivity index (χ0n) is 64.6. The molecule has 0 saturated heterocycles. The first-order valence-corrected chi connectivity index (χ1v) is 42.7. The van der Waals surface area contributed by atoms with Crippen LogP contribution < -0.4 is 0 Å². The third-order valence-electron chi connectivity index (χ3n) is 16.0. The topological polar surface area (TPSA) is 237 Å². The number of hydrogen-bond donors (Lipinski definition) is 3. The number of carbonyl (C=O) groups is 4. The Morgan fingerprint density at radius 2 is 0.519 bits per heavy atom. The number of unbranched alkanes of at least 4 members (excludes halogenated alkanes) is 21. The standard InChI is InChI=1S/C85H140O17P2/c1-5-9-13-17-21-25-29-32-35-38-39-42-44-47-51-54-58-62-66-70-83(88)96-76-81(102-85(90)72-68-64-60-56-52-48-45-41-37-34-31-27-23-19-15-11-7-3)78-100-104(93,94)98-74-79(86)73-97-103(91,92)99-77-80(101-84(89)71-67-63-59-55-49-28-24-20-16-12-8-4)75-95-82(87)69-65-61-57-53-50-46-43-40-36-33-30-26-22-18-14-10-6-2/h9-11,13-15,20-27,32-37,39,42,47,51,58,62,79-81,86H,5-8,12,16-19,28-31,38,40-41,43-46,48-50,52-57,59-61,63-78H2,1-4H3,(H,91,92)(H,93,94)/b13-9-,14-10-,15-11-,24-20-,25-21-,26-22-,27-23-,35-32-,36-33-,37-34-,42-39-,51-47-,62-58-. The molecule has 0 amide bonds. The van der Waals surface area contributed by atoms with Crippen LogP contribution in [-0.4, -0.2) is 96.7 Å². The predicted molar refractivity (Wildman–Crippen MR) is 427 cm³/mol. The molecule has 0 aromatic rings. The van der Waals surface area contributed by atoms with Crippen molar-refractivity contribution in [2.45, 2.75) is 316 Å². The van der Waals surface area contributed by atoms with Crippen LogP contribution in [-0.2, 0) is 65.4 Å². The van der Waals surface area contributed by atoms with E-state index in [0.29, 0.717) is 32.1 Å². The maximum atomic E-state index is 13.1. The highest BCUT2D eigenvalue weighted by molar-refractivity contribution is 7.47. The molecule has 592 valence electrons. The largest absolute Gasteiger partial charge is 0.472 e. The molecule has 0 aromatic heterocycles. The van der Waals surface area contributed by atoms with E-state index in [2.05, 4.69) is 167 Å². The summed E-state index contributed by atoms with van der Waals surface area (Å²) < 4.78 is 68.5. The van der Waals surface area contributed by atoms with Crippen LogP contribution in [0.3, 0.4) is 0 Å². The molecule has 0 rings (SSSR count). The van der Waals surface area contributed by atoms with Crippen molar-refractivity contribution in [2.75, 3.05) is 39.6 Å². The maximum absolute atomic E-state index is 13.1. The van der Waals surface area contributed by atoms with Crippen LogP contribution in [0.25, 0.3) is 0 Å². The Kier molecular flexibility index (Phi) is 72.0. The number of phosphoric acid groups is 2. The minimum Gasteiger partial charge on any atom is -0.462 e. The van der Waals surface area contributed by atoms with Gasteiger partial charge >= 0.3 is 39.5 Å². The van der Waals surface area contributed by atoms with Gasteiger partial charge in [-0.3, -0.25) is 37.3 Å². The number of esters is 4. The van der Waals surface area contributed by atoms with Gasteiger partial charge in [0.2, 0.25) is 0 Å². The number of aliphatic hydroxyl groups excluding tert-OH is 1. The van der Waals surface area contributed by atoms with Gasteiger partial charge < -0.3 is 33.8 Å². The van der Waals surface area contributed by atoms with Crippen molar-refractivity contribution in [3.05, 3.63) is 158 Å². The van der Waals surface area contributed by atoms with E-state index >= 15 is 0 Å². The molecule has 0 heterocycles. The van der Waals surface area contributed by atoms with E-state index in [1.807, 2.05) is 18.2 Å². The number of ether oxygens (including phenoxy) is 4. The monoisotopic (exact) mass is 1490 g/mol. The summed E-state index contributed by atoms with van der Waals surface area (Å²) in [5, 5.41) is 10.6. The molecule has 0 aliphatic rings. The molecule has 0 aliphatic heterocycles. The molecule has 0 fully saturated rings. The average molecular weight is 1500 g/mol. The van der Waals surface area contributed by atoms with Crippen LogP contribution >= 0.6 is 15.6 Å². The second-order valence-corrected chi connectivity index (χ2v) is 28.8. The molecule has 5 atom stereocenters. The van der Waals surface area contributed by atoms with Gasteiger partial charge in [0.1, 0.15) is 19.3 Å². The lowest BCUT2D eigenvalue weighted by molar-refractivity contribution is -0.161. The van der Waals surface area contributed by atoms with Crippen LogP contribution in [0.15, 0.2) is 158 Å². The number of rotatable bonds is 73. The molecule has 0 spiro atoms. The molecule has 0 bridgehead atoms. The lowest BCUT2D eigenvalue weighted by Crippen LogP contribution is -2.30. The zero-order valence-corrected chi connectivity index (χ0v) is 66.4. The Bertz CT molecular complexity index is 2590. The second-order valence-electron chi connectivity index (χ2n) is 25.9. The van der Waals surface area contributed by atoms with E-state index in [4.69, 9.17) is 37.0 Å². The Morgan fingerprint density at radius 1 is 0.279 bits per heavy atom. The van der Waals surface area contributed by atoms with Gasteiger partial charge in [-0.25, -0.2) is 9.13 Å². The van der Waals surface area contributed by atoms with Gasteiger partial charge in [0.25, 0.3) is 0 Å². The minimum absolute atomic E-state index is 0.0291. The van der Waals surface area contributed by atoms with Gasteiger partial charge in [0, 0.05) is 25.7 Å². The molecule has 0 saturated carbocycles. The van der Waals surface area contributed by atoms with Crippen molar-refractivity contribution in [1.82, 2.24) is 0 Å². The SMILES string of the molecule is CC/C=C\C/C=C\C/C=C\C/C=C\C/C=C\C/C=C\CCC(=O)OCC(COP(=O)(O)OCC(O)COP(=O)(O)OCC(COC(=O)CCCCCCCCC/C=C\C/C=C\C/C=C\CC)OC(=O)CCCCCCC/C=C\CCCC)OC(=O)CCCCCCCCC/C=C\C/C=C\C/C=C\CC. The number of aliphatic hydroxyl groups is 1. The molecule has 17 nitrogen and oxygen atoms in total. The Hall–Kier alpha value is -5.32. The van der Waals surface area contributed by atoms with Gasteiger partial charge in [-0.1, -0.05) is 282 Å². The predicted octanol–water partition coefficient (Wildman–Crippen LogP) is 23.2. The van der Waals surface area contributed by atoms with Gasteiger partial charge in [0.05, 0.1) is 26.4 Å². The summed E-state index contributed by atoms with van der Waals surface area (Å²) in [5.74, 6) is -2.31. The summed E-state index contributed by atoms with van der Waals surface area (Å²) in [5.41, 5.74) is 0. The molecule has 5 unspecified atom stereocenters. The van der Waals surface area contributed by atoms with Crippen molar-refractivity contribution in [3.63, 3.8) is 0 Å². The molecule has 3 N–H and O–H groups in total. The van der Waals surface area contributed by atoms with Crippen LogP contribution in [0.2, 0.25) is 0 Å². The fourth-order valence-corrected chi connectivity index (χ4v) is 11.6. The number of allylic oxidation sites excluding steroid dienone is 26. The first-order chi connectivity index (χ1) is 50.7. The summed E-state index contributed by atoms with van der Waals surface area (Å²) in [6, 6.07) is 0. The summed E-state index contributed by atoms with van der Waals surface area (Å²) in [6.45, 7) is 4.38. The molecular weight excluding hydrogens is 1350 g/mol. The Labute approximate surface area is 629 Å². The molecular formula is C85H140O17P2. The van der Waals surface area contributed by atoms with Crippen LogP contribution in [0, 0.1) is 0 Å². The van der Waals surface area contributed by atoms with E-state index in [-0.39, 0.29) is 25.7 Å². The van der Waals surface area contributed by atoms with Crippen molar-refractivity contribution in [2.24, 2.45) is 0 Å². The third kappa shape index (κ3) is 74.9. The summed E-state index contributed by atoms with van der Waals surface area (Å²) in [6.07, 6.45) is 88.1. The van der Waals surface area contributed by atoms with Gasteiger partial charge in [-0.05, 0) is 148 Å². The van der Waals surface area contributed by atoms with E-state index in [1.54, 1.807) is 0 Å². The molecule has 0 radical (unpaired) electrons. The summed E-state index contributed by atoms with van der Waals surface area (Å²) in [7, 11) is -9.99. The van der Waals surface area contributed by atoms with E-state index in [1.165, 1.54) is 12.8 Å². The maximum Gasteiger partial charge on any atom is 0.472 e. The normalized spacial score (nSPS) is 14.7. The smallest absolute Gasteiger partial charge is 0.462 e. The summed E-state index contributed by atoms with van der Waals surface area (Å²) >= 11 is 0. The Balaban J connectivity index is 5.42. The minimum atomic E-state index is -5.00. The number of hydrogen-bond acceptors (Lipinski definition) is 15. The van der Waals surface area contributed by atoms with Gasteiger partial charge in [-0.2, -0.15) is 0 Å². The second kappa shape index (κ2) is 75.9. The first-order valence-electron chi connectivity index (χ1n) is 39.7. The van der Waals surface area contributed by atoms with Crippen LogP contribution in [0.1, 0.15) is 297 Å². The van der Waals surface area contributed by atoms with E-state index in [0.717, 1.165) is 199 Å². The number of phosphoric ester groups is 2. The molecule has 19 heteroatoms. The van der Waals surface area contributed by atoms with Crippen molar-refractivity contribution >= 4 is 39.5 Å². The fraction of sp³-hybridized carbons (Fsp3) is 0.647. The van der Waals surface area contributed by atoms with Crippen molar-refractivity contribution < 1.29 is 80.2 Å². The van der Waals surface area contributed by atoms with E-state index < -0.39 is 97.5 Å². The zero-order chi connectivity index (χ0) is 76.0. The fourth-order valence-electron chi connectivity index (χ4n) is 10.0. The van der Waals surface area contributed by atoms with Crippen LogP contribution in [0.4, 0.5) is 0 Å². The Morgan fingerprint density at radius 3 is 0.837 bits per heavy atom. The van der Waals surface area contributed by atoms with Crippen LogP contribution in [0.5, 0.6) is 0 Å². The van der Waals surface area contributed by atoms with Gasteiger partial charge in [-0.15, -0.1) is 0 Å². The van der Waals surface area contributed by atoms with Crippen molar-refractivity contribution in [3.8, 4) is 0 Å². The lowest BCUT2D eigenvalue weighted by Gasteiger charge is -2.21. The van der Waals surface area contributed by atoms with Gasteiger partial charge in [0.15, 0.2) is 12.2 Å². The molecule has 0 aromatic carbocycles. The quantitative estimate of drug-likeness (QED) is 0.0169. The molecule has 0 aliphatic carbocycles. The highest BCUT2D eigenvalue weighted by Crippen LogP contribution is 2.45. The highest BCUT2D eigenvalue weighted by Gasteiger charge is 2.30. The highest BCUT2D eigenvalue weighted by atomic mass is 31.2. The summed E-state index contributed by atoms with van der Waals surface area (Å²) in [4.78, 5) is 73.0.